The average Bonchev–Trinajstić information content (AvgIpc) is 3.36. The van der Waals surface area contributed by atoms with Gasteiger partial charge in [-0.2, -0.15) is 0 Å². The predicted octanol–water partition coefficient (Wildman–Crippen LogP) is 4.95. The van der Waals surface area contributed by atoms with Crippen LogP contribution in [0.25, 0.3) is 0 Å². The second-order valence-corrected chi connectivity index (χ2v) is 9.08. The van der Waals surface area contributed by atoms with Crippen LogP contribution in [0.2, 0.25) is 0 Å². The van der Waals surface area contributed by atoms with Gasteiger partial charge in [0, 0.05) is 54.3 Å². The normalized spacial score (nSPS) is 16.9. The van der Waals surface area contributed by atoms with E-state index in [2.05, 4.69) is 59.4 Å². The average molecular weight is 531 g/mol. The van der Waals surface area contributed by atoms with Crippen molar-refractivity contribution in [1.29, 1.82) is 0 Å². The standard InChI is InChI=1S/C21H30N4S2.HI/c1-3-18-14-24-20(27-18)10-12-23-21(22-4-2)25-13-11-17(15-25)16-26-19-8-6-5-7-9-19;/h5-9,14,17H,3-4,10-13,15-16H2,1-2H3,(H,22,23);1H. The molecule has 1 atom stereocenters. The van der Waals surface area contributed by atoms with Crippen LogP contribution in [-0.4, -0.2) is 47.8 Å². The van der Waals surface area contributed by atoms with Gasteiger partial charge < -0.3 is 10.2 Å². The molecule has 7 heteroatoms. The van der Waals surface area contributed by atoms with Crippen molar-refractivity contribution in [2.24, 2.45) is 10.9 Å². The van der Waals surface area contributed by atoms with Crippen molar-refractivity contribution in [3.63, 3.8) is 0 Å². The molecule has 2 heterocycles. The lowest BCUT2D eigenvalue weighted by molar-refractivity contribution is 0.474. The number of halogens is 1. The number of thioether (sulfide) groups is 1. The number of nitrogens with one attached hydrogen (secondary N) is 1. The van der Waals surface area contributed by atoms with Crippen molar-refractivity contribution >= 4 is 53.0 Å². The number of hydrogen-bond acceptors (Lipinski definition) is 4. The van der Waals surface area contributed by atoms with Crippen molar-refractivity contribution in [3.8, 4) is 0 Å². The molecule has 28 heavy (non-hydrogen) atoms. The highest BCUT2D eigenvalue weighted by atomic mass is 127. The highest BCUT2D eigenvalue weighted by molar-refractivity contribution is 14.0. The Morgan fingerprint density at radius 3 is 2.86 bits per heavy atom. The summed E-state index contributed by atoms with van der Waals surface area (Å²) in [4.78, 5) is 14.5. The molecule has 2 aromatic rings. The van der Waals surface area contributed by atoms with Gasteiger partial charge >= 0.3 is 0 Å². The Bertz CT molecular complexity index is 720. The summed E-state index contributed by atoms with van der Waals surface area (Å²) in [6.07, 6.45) is 5.25. The number of hydrogen-bond donors (Lipinski definition) is 1. The zero-order valence-electron chi connectivity index (χ0n) is 16.8. The number of guanidine groups is 1. The molecule has 0 aliphatic carbocycles. The van der Waals surface area contributed by atoms with E-state index in [0.29, 0.717) is 0 Å². The number of benzene rings is 1. The summed E-state index contributed by atoms with van der Waals surface area (Å²) >= 11 is 3.79. The molecule has 1 unspecified atom stereocenters. The Balaban J connectivity index is 0.00000280. The fourth-order valence-electron chi connectivity index (χ4n) is 3.20. The smallest absolute Gasteiger partial charge is 0.193 e. The SMILES string of the molecule is CCNC(=NCCc1ncc(CC)s1)N1CCC(CSc2ccccc2)C1.I. The predicted molar refractivity (Wildman–Crippen MR) is 133 cm³/mol. The summed E-state index contributed by atoms with van der Waals surface area (Å²) in [6, 6.07) is 10.7. The number of likely N-dealkylation sites (tertiary alicyclic amines) is 1. The summed E-state index contributed by atoms with van der Waals surface area (Å²) < 4.78 is 0. The van der Waals surface area contributed by atoms with Gasteiger partial charge in [0.2, 0.25) is 0 Å². The Kier molecular flexibility index (Phi) is 10.6. The molecule has 1 saturated heterocycles. The van der Waals surface area contributed by atoms with Crippen molar-refractivity contribution < 1.29 is 0 Å². The largest absolute Gasteiger partial charge is 0.357 e. The van der Waals surface area contributed by atoms with Gasteiger partial charge in [0.15, 0.2) is 5.96 Å². The molecule has 0 spiro atoms. The van der Waals surface area contributed by atoms with E-state index in [-0.39, 0.29) is 24.0 Å². The summed E-state index contributed by atoms with van der Waals surface area (Å²) in [6.45, 7) is 8.24. The molecule has 3 rings (SSSR count). The first-order valence-electron chi connectivity index (χ1n) is 9.93. The Hall–Kier alpha value is -0.800. The highest BCUT2D eigenvalue weighted by Gasteiger charge is 2.24. The molecular weight excluding hydrogens is 499 g/mol. The second-order valence-electron chi connectivity index (χ2n) is 6.78. The van der Waals surface area contributed by atoms with Crippen LogP contribution in [0.1, 0.15) is 30.2 Å². The molecule has 1 aliphatic heterocycles. The van der Waals surface area contributed by atoms with E-state index in [9.17, 15) is 0 Å². The number of nitrogens with zero attached hydrogens (tertiary/aromatic N) is 3. The van der Waals surface area contributed by atoms with Crippen LogP contribution < -0.4 is 5.32 Å². The molecule has 1 aromatic carbocycles. The van der Waals surface area contributed by atoms with E-state index in [1.165, 1.54) is 27.0 Å². The lowest BCUT2D eigenvalue weighted by Crippen LogP contribution is -2.40. The third-order valence-corrected chi connectivity index (χ3v) is 7.13. The molecule has 0 amide bonds. The maximum atomic E-state index is 4.87. The summed E-state index contributed by atoms with van der Waals surface area (Å²) in [5, 5.41) is 4.67. The lowest BCUT2D eigenvalue weighted by atomic mass is 10.2. The molecule has 1 N–H and O–H groups in total. The fraction of sp³-hybridized carbons (Fsp3) is 0.524. The van der Waals surface area contributed by atoms with Crippen molar-refractivity contribution in [1.82, 2.24) is 15.2 Å². The molecule has 4 nitrogen and oxygen atoms in total. The number of aromatic nitrogens is 1. The molecule has 1 fully saturated rings. The quantitative estimate of drug-likeness (QED) is 0.227. The lowest BCUT2D eigenvalue weighted by Gasteiger charge is -2.21. The van der Waals surface area contributed by atoms with E-state index >= 15 is 0 Å². The molecule has 0 saturated carbocycles. The van der Waals surface area contributed by atoms with Gasteiger partial charge in [-0.05, 0) is 37.8 Å². The first kappa shape index (κ1) is 23.5. The zero-order valence-corrected chi connectivity index (χ0v) is 20.7. The van der Waals surface area contributed by atoms with Crippen LogP contribution in [-0.2, 0) is 12.8 Å². The van der Waals surface area contributed by atoms with Crippen molar-refractivity contribution in [3.05, 3.63) is 46.4 Å². The Morgan fingerprint density at radius 1 is 1.32 bits per heavy atom. The third kappa shape index (κ3) is 7.22. The molecular formula is C21H31IN4S2. The van der Waals surface area contributed by atoms with Crippen LogP contribution in [0.3, 0.4) is 0 Å². The minimum Gasteiger partial charge on any atom is -0.357 e. The van der Waals surface area contributed by atoms with Crippen LogP contribution in [0.4, 0.5) is 0 Å². The van der Waals surface area contributed by atoms with Crippen LogP contribution in [0.15, 0.2) is 46.4 Å². The van der Waals surface area contributed by atoms with Crippen LogP contribution >= 0.6 is 47.1 Å². The zero-order chi connectivity index (χ0) is 18.9. The third-order valence-electron chi connectivity index (χ3n) is 4.69. The molecule has 0 radical (unpaired) electrons. The number of rotatable bonds is 8. The summed E-state index contributed by atoms with van der Waals surface area (Å²) in [7, 11) is 0. The van der Waals surface area contributed by atoms with Gasteiger partial charge in [0.25, 0.3) is 0 Å². The first-order valence-corrected chi connectivity index (χ1v) is 11.7. The van der Waals surface area contributed by atoms with Gasteiger partial charge in [-0.25, -0.2) is 4.98 Å². The minimum atomic E-state index is 0. The number of aryl methyl sites for hydroxylation is 1. The number of aliphatic imine (C=N–C) groups is 1. The Labute approximate surface area is 194 Å². The summed E-state index contributed by atoms with van der Waals surface area (Å²) in [5.41, 5.74) is 0. The molecule has 1 aromatic heterocycles. The van der Waals surface area contributed by atoms with E-state index in [0.717, 1.165) is 50.9 Å². The maximum absolute atomic E-state index is 4.87. The van der Waals surface area contributed by atoms with Crippen molar-refractivity contribution in [2.75, 3.05) is 31.9 Å². The second kappa shape index (κ2) is 12.7. The van der Waals surface area contributed by atoms with Crippen LogP contribution in [0, 0.1) is 5.92 Å². The van der Waals surface area contributed by atoms with Gasteiger partial charge in [-0.15, -0.1) is 47.1 Å². The Morgan fingerprint density at radius 2 is 2.14 bits per heavy atom. The first-order chi connectivity index (χ1) is 13.3. The number of thiazole rings is 1. The van der Waals surface area contributed by atoms with Gasteiger partial charge in [-0.1, -0.05) is 25.1 Å². The van der Waals surface area contributed by atoms with Gasteiger partial charge in [0.05, 0.1) is 5.01 Å². The van der Waals surface area contributed by atoms with Gasteiger partial charge in [0.1, 0.15) is 0 Å². The van der Waals surface area contributed by atoms with E-state index in [1.807, 2.05) is 29.3 Å². The highest BCUT2D eigenvalue weighted by Crippen LogP contribution is 2.26. The summed E-state index contributed by atoms with van der Waals surface area (Å²) in [5.74, 6) is 2.97. The van der Waals surface area contributed by atoms with Crippen molar-refractivity contribution in [2.45, 2.75) is 38.0 Å². The minimum absolute atomic E-state index is 0. The molecule has 1 aliphatic rings. The van der Waals surface area contributed by atoms with Crippen LogP contribution in [0.5, 0.6) is 0 Å². The van der Waals surface area contributed by atoms with E-state index < -0.39 is 0 Å². The molecule has 0 bridgehead atoms. The van der Waals surface area contributed by atoms with E-state index in [4.69, 9.17) is 4.99 Å². The maximum Gasteiger partial charge on any atom is 0.193 e. The fourth-order valence-corrected chi connectivity index (χ4v) is 5.10. The molecule has 154 valence electrons. The topological polar surface area (TPSA) is 40.5 Å². The van der Waals surface area contributed by atoms with E-state index in [1.54, 1.807) is 0 Å². The monoisotopic (exact) mass is 530 g/mol. The van der Waals surface area contributed by atoms with Gasteiger partial charge in [-0.3, -0.25) is 4.99 Å².